The maximum absolute atomic E-state index is 12.5. The van der Waals surface area contributed by atoms with E-state index in [0.717, 1.165) is 24.8 Å². The van der Waals surface area contributed by atoms with Crippen LogP contribution < -0.4 is 10.9 Å². The highest BCUT2D eigenvalue weighted by atomic mass is 35.5. The maximum Gasteiger partial charge on any atom is 0.279 e. The van der Waals surface area contributed by atoms with Gasteiger partial charge in [-0.15, -0.1) is 11.3 Å². The molecular formula is C20H20ClN5O2S2. The minimum absolute atomic E-state index is 0.0912. The Hall–Kier alpha value is -2.49. The van der Waals surface area contributed by atoms with Crippen molar-refractivity contribution in [2.45, 2.75) is 32.7 Å². The Bertz CT molecular complexity index is 1150. The van der Waals surface area contributed by atoms with E-state index >= 15 is 0 Å². The average Bonchev–Trinajstić information content (AvgIpc) is 3.30. The van der Waals surface area contributed by atoms with Gasteiger partial charge in [-0.05, 0) is 73.3 Å². The first-order valence-electron chi connectivity index (χ1n) is 9.52. The molecule has 1 unspecified atom stereocenters. The average molecular weight is 462 g/mol. The Kier molecular flexibility index (Phi) is 6.03. The van der Waals surface area contributed by atoms with Crippen LogP contribution in [0.2, 0.25) is 5.02 Å². The van der Waals surface area contributed by atoms with Crippen molar-refractivity contribution in [3.05, 3.63) is 55.4 Å². The van der Waals surface area contributed by atoms with Crippen molar-refractivity contribution >= 4 is 47.0 Å². The Balaban J connectivity index is 1.40. The number of benzene rings is 1. The third kappa shape index (κ3) is 4.48. The predicted molar refractivity (Wildman–Crippen MR) is 119 cm³/mol. The van der Waals surface area contributed by atoms with Gasteiger partial charge in [0.15, 0.2) is 10.6 Å². The number of carbonyl (C=O) groups is 2. The standard InChI is InChI=1S/C20H20ClN5O2S2/c1-11-2-7-15-13(8-11)9-16(30-15)19(28)24-22-17(27)10-26-18(23-25-20(26)29)12-3-5-14(21)6-4-12/h3-6,9,11H,2,7-8,10H2,1H3,(H,22,27)(H,24,28)(H,25,29). The predicted octanol–water partition coefficient (Wildman–Crippen LogP) is 3.91. The summed E-state index contributed by atoms with van der Waals surface area (Å²) in [5.41, 5.74) is 6.96. The largest absolute Gasteiger partial charge is 0.291 e. The van der Waals surface area contributed by atoms with Crippen molar-refractivity contribution in [1.82, 2.24) is 25.6 Å². The van der Waals surface area contributed by atoms with Gasteiger partial charge < -0.3 is 0 Å². The van der Waals surface area contributed by atoms with Crippen LogP contribution in [0.5, 0.6) is 0 Å². The second-order valence-corrected chi connectivity index (χ2v) is 9.31. The van der Waals surface area contributed by atoms with E-state index in [-0.39, 0.29) is 12.5 Å². The summed E-state index contributed by atoms with van der Waals surface area (Å²) in [6.45, 7) is 2.13. The van der Waals surface area contributed by atoms with Gasteiger partial charge in [-0.1, -0.05) is 18.5 Å². The fraction of sp³-hybridized carbons (Fsp3) is 0.300. The topological polar surface area (TPSA) is 91.8 Å². The number of nitrogens with zero attached hydrogens (tertiary/aromatic N) is 2. The number of fused-ring (bicyclic) bond motifs is 1. The third-order valence-electron chi connectivity index (χ3n) is 5.03. The molecule has 0 spiro atoms. The highest BCUT2D eigenvalue weighted by Gasteiger charge is 2.21. The van der Waals surface area contributed by atoms with Crippen LogP contribution in [0.1, 0.15) is 33.5 Å². The number of hydrogen-bond donors (Lipinski definition) is 3. The molecule has 1 aliphatic rings. The molecule has 2 aromatic heterocycles. The molecule has 0 aliphatic heterocycles. The van der Waals surface area contributed by atoms with Crippen molar-refractivity contribution in [3.63, 3.8) is 0 Å². The number of nitrogens with one attached hydrogen (secondary N) is 3. The van der Waals surface area contributed by atoms with Gasteiger partial charge in [0.05, 0.1) is 4.88 Å². The van der Waals surface area contributed by atoms with Gasteiger partial charge in [0, 0.05) is 15.5 Å². The molecule has 3 aromatic rings. The Morgan fingerprint density at radius 1 is 1.33 bits per heavy atom. The van der Waals surface area contributed by atoms with E-state index in [0.29, 0.717) is 26.4 Å². The van der Waals surface area contributed by atoms with Crippen LogP contribution in [0.25, 0.3) is 11.4 Å². The maximum atomic E-state index is 12.5. The van der Waals surface area contributed by atoms with Gasteiger partial charge >= 0.3 is 0 Å². The number of hydrogen-bond acceptors (Lipinski definition) is 5. The van der Waals surface area contributed by atoms with E-state index < -0.39 is 5.91 Å². The molecule has 0 saturated carbocycles. The quantitative estimate of drug-likeness (QED) is 0.405. The van der Waals surface area contributed by atoms with Gasteiger partial charge in [0.25, 0.3) is 11.8 Å². The lowest BCUT2D eigenvalue weighted by molar-refractivity contribution is -0.122. The first kappa shape index (κ1) is 20.8. The smallest absolute Gasteiger partial charge is 0.279 e. The van der Waals surface area contributed by atoms with E-state index in [1.54, 1.807) is 28.8 Å². The van der Waals surface area contributed by atoms with Crippen LogP contribution in [0, 0.1) is 10.7 Å². The first-order chi connectivity index (χ1) is 14.4. The zero-order valence-electron chi connectivity index (χ0n) is 16.2. The van der Waals surface area contributed by atoms with Gasteiger partial charge in [0.1, 0.15) is 6.54 Å². The number of aromatic amines is 1. The molecule has 0 saturated heterocycles. The molecule has 0 fully saturated rings. The number of halogens is 1. The Labute approximate surface area is 187 Å². The van der Waals surface area contributed by atoms with Gasteiger partial charge in [-0.25, -0.2) is 0 Å². The summed E-state index contributed by atoms with van der Waals surface area (Å²) in [5, 5.41) is 7.49. The molecule has 0 bridgehead atoms. The molecule has 1 atom stereocenters. The number of carbonyl (C=O) groups excluding carboxylic acids is 2. The number of amides is 2. The second kappa shape index (κ2) is 8.71. The first-order valence-corrected chi connectivity index (χ1v) is 11.1. The number of thiophene rings is 1. The lowest BCUT2D eigenvalue weighted by atomic mass is 9.90. The molecule has 2 heterocycles. The van der Waals surface area contributed by atoms with Crippen molar-refractivity contribution < 1.29 is 9.59 Å². The van der Waals surface area contributed by atoms with E-state index in [1.165, 1.54) is 21.8 Å². The summed E-state index contributed by atoms with van der Waals surface area (Å²) in [5.74, 6) is 0.422. The number of hydrazine groups is 1. The normalized spacial score (nSPS) is 15.5. The van der Waals surface area contributed by atoms with Crippen LogP contribution in [0.4, 0.5) is 0 Å². The number of H-pyrrole nitrogens is 1. The SMILES string of the molecule is CC1CCc2sc(C(=O)NNC(=O)Cn3c(-c4ccc(Cl)cc4)n[nH]c3=S)cc2C1. The minimum atomic E-state index is -0.411. The summed E-state index contributed by atoms with van der Waals surface area (Å²) in [4.78, 5) is 26.8. The van der Waals surface area contributed by atoms with Crippen LogP contribution in [-0.4, -0.2) is 26.6 Å². The zero-order chi connectivity index (χ0) is 21.3. The van der Waals surface area contributed by atoms with E-state index in [2.05, 4.69) is 28.0 Å². The monoisotopic (exact) mass is 461 g/mol. The molecule has 1 aromatic carbocycles. The molecule has 10 heteroatoms. The molecule has 4 rings (SSSR count). The van der Waals surface area contributed by atoms with E-state index in [9.17, 15) is 9.59 Å². The number of aryl methyl sites for hydroxylation is 1. The fourth-order valence-corrected chi connectivity index (χ4v) is 4.90. The Morgan fingerprint density at radius 2 is 2.10 bits per heavy atom. The summed E-state index contributed by atoms with van der Waals surface area (Å²) in [7, 11) is 0. The highest BCUT2D eigenvalue weighted by molar-refractivity contribution is 7.71. The van der Waals surface area contributed by atoms with Crippen LogP contribution >= 0.6 is 35.2 Å². The highest BCUT2D eigenvalue weighted by Crippen LogP contribution is 2.32. The van der Waals surface area contributed by atoms with Gasteiger partial charge in [0.2, 0.25) is 0 Å². The zero-order valence-corrected chi connectivity index (χ0v) is 18.6. The summed E-state index contributed by atoms with van der Waals surface area (Å²) < 4.78 is 1.87. The molecular weight excluding hydrogens is 442 g/mol. The Morgan fingerprint density at radius 3 is 2.87 bits per heavy atom. The fourth-order valence-electron chi connectivity index (χ4n) is 3.47. The molecule has 156 valence electrons. The van der Waals surface area contributed by atoms with E-state index in [1.807, 2.05) is 6.07 Å². The molecule has 7 nitrogen and oxygen atoms in total. The van der Waals surface area contributed by atoms with Crippen molar-refractivity contribution in [2.75, 3.05) is 0 Å². The van der Waals surface area contributed by atoms with Crippen molar-refractivity contribution in [1.29, 1.82) is 0 Å². The van der Waals surface area contributed by atoms with E-state index in [4.69, 9.17) is 23.8 Å². The summed E-state index contributed by atoms with van der Waals surface area (Å²) in [6, 6.07) is 9.00. The van der Waals surface area contributed by atoms with Crippen molar-refractivity contribution in [2.24, 2.45) is 5.92 Å². The van der Waals surface area contributed by atoms with Gasteiger partial charge in [-0.2, -0.15) is 5.10 Å². The van der Waals surface area contributed by atoms with Crippen molar-refractivity contribution in [3.8, 4) is 11.4 Å². The molecule has 0 radical (unpaired) electrons. The molecule has 1 aliphatic carbocycles. The summed E-state index contributed by atoms with van der Waals surface area (Å²) in [6.07, 6.45) is 3.15. The number of rotatable bonds is 4. The second-order valence-electron chi connectivity index (χ2n) is 7.35. The molecule has 3 N–H and O–H groups in total. The van der Waals surface area contributed by atoms with Crippen LogP contribution in [-0.2, 0) is 24.2 Å². The third-order valence-corrected chi connectivity index (χ3v) is 6.83. The van der Waals surface area contributed by atoms with Crippen LogP contribution in [0.15, 0.2) is 30.3 Å². The van der Waals surface area contributed by atoms with Gasteiger partial charge in [-0.3, -0.25) is 30.1 Å². The minimum Gasteiger partial charge on any atom is -0.291 e. The van der Waals surface area contributed by atoms with Crippen LogP contribution in [0.3, 0.4) is 0 Å². The molecule has 2 amide bonds. The molecule has 30 heavy (non-hydrogen) atoms. The number of aromatic nitrogens is 3. The summed E-state index contributed by atoms with van der Waals surface area (Å²) >= 11 is 12.7. The lowest BCUT2D eigenvalue weighted by Gasteiger charge is -2.16. The lowest BCUT2D eigenvalue weighted by Crippen LogP contribution is -2.43.